The molecule has 2 aromatic rings. The lowest BCUT2D eigenvalue weighted by Gasteiger charge is -2.31. The molecule has 0 bridgehead atoms. The first-order chi connectivity index (χ1) is 15.9. The minimum absolute atomic E-state index is 0.161. The summed E-state index contributed by atoms with van der Waals surface area (Å²) in [4.78, 5) is 27.4. The fourth-order valence-electron chi connectivity index (χ4n) is 4.04. The standard InChI is InChI=1S/C26H39N3O3S/c1-6-19(2)24(27-3)17-29(16-21-12-9-11-20-10-7-8-13-22(20)21)18-25(30)28-23(14-15-33-5)26(31)32-4/h7-13,19,23-24,27H,6,14-18H2,1-5H3,(H,28,30)/t19-,23-,24+/m0/s1. The van der Waals surface area contributed by atoms with Crippen LogP contribution in [-0.2, 0) is 20.9 Å². The zero-order chi connectivity index (χ0) is 24.2. The second-order valence-corrected chi connectivity index (χ2v) is 9.50. The van der Waals surface area contributed by atoms with Crippen molar-refractivity contribution >= 4 is 34.4 Å². The molecule has 2 aromatic carbocycles. The van der Waals surface area contributed by atoms with Crippen LogP contribution < -0.4 is 10.6 Å². The molecule has 7 heteroatoms. The van der Waals surface area contributed by atoms with Crippen LogP contribution in [0.15, 0.2) is 42.5 Å². The van der Waals surface area contributed by atoms with Crippen LogP contribution in [0.5, 0.6) is 0 Å². The fraction of sp³-hybridized carbons (Fsp3) is 0.538. The van der Waals surface area contributed by atoms with Gasteiger partial charge in [0.25, 0.3) is 0 Å². The Balaban J connectivity index is 2.22. The van der Waals surface area contributed by atoms with Gasteiger partial charge in [0, 0.05) is 19.1 Å². The summed E-state index contributed by atoms with van der Waals surface area (Å²) in [6.07, 6.45) is 3.59. The molecule has 0 unspecified atom stereocenters. The maximum Gasteiger partial charge on any atom is 0.328 e. The lowest BCUT2D eigenvalue weighted by atomic mass is 9.98. The normalized spacial score (nSPS) is 14.1. The van der Waals surface area contributed by atoms with Crippen molar-refractivity contribution in [1.29, 1.82) is 0 Å². The highest BCUT2D eigenvalue weighted by molar-refractivity contribution is 7.98. The summed E-state index contributed by atoms with van der Waals surface area (Å²) in [5.41, 5.74) is 1.19. The number of carbonyl (C=O) groups is 2. The third-order valence-corrected chi connectivity index (χ3v) is 6.87. The van der Waals surface area contributed by atoms with Crippen LogP contribution in [0.1, 0.15) is 32.3 Å². The second kappa shape index (κ2) is 14.2. The molecule has 2 rings (SSSR count). The fourth-order valence-corrected chi connectivity index (χ4v) is 4.52. The average molecular weight is 474 g/mol. The molecule has 182 valence electrons. The Morgan fingerprint density at radius 3 is 2.55 bits per heavy atom. The summed E-state index contributed by atoms with van der Waals surface area (Å²) < 4.78 is 4.90. The highest BCUT2D eigenvalue weighted by Crippen LogP contribution is 2.21. The number of likely N-dealkylation sites (N-methyl/N-ethyl adjacent to an activating group) is 1. The molecule has 0 aliphatic heterocycles. The van der Waals surface area contributed by atoms with Crippen LogP contribution in [0.4, 0.5) is 0 Å². The van der Waals surface area contributed by atoms with Gasteiger partial charge in [0.15, 0.2) is 0 Å². The van der Waals surface area contributed by atoms with E-state index < -0.39 is 12.0 Å². The number of rotatable bonds is 14. The van der Waals surface area contributed by atoms with Gasteiger partial charge in [0.05, 0.1) is 13.7 Å². The minimum atomic E-state index is -0.621. The van der Waals surface area contributed by atoms with Crippen molar-refractivity contribution < 1.29 is 14.3 Å². The molecule has 6 nitrogen and oxygen atoms in total. The summed E-state index contributed by atoms with van der Waals surface area (Å²) >= 11 is 1.64. The maximum absolute atomic E-state index is 13.0. The molecule has 0 spiro atoms. The molecule has 1 amide bonds. The number of esters is 1. The van der Waals surface area contributed by atoms with Crippen LogP contribution in [-0.4, -0.2) is 68.1 Å². The topological polar surface area (TPSA) is 70.7 Å². The predicted molar refractivity (Wildman–Crippen MR) is 138 cm³/mol. The molecular weight excluding hydrogens is 434 g/mol. The van der Waals surface area contributed by atoms with E-state index in [0.717, 1.165) is 18.7 Å². The molecule has 0 aliphatic carbocycles. The van der Waals surface area contributed by atoms with E-state index in [-0.39, 0.29) is 18.5 Å². The van der Waals surface area contributed by atoms with E-state index in [9.17, 15) is 9.59 Å². The molecule has 0 aromatic heterocycles. The van der Waals surface area contributed by atoms with Gasteiger partial charge in [-0.2, -0.15) is 11.8 Å². The summed E-state index contributed by atoms with van der Waals surface area (Å²) in [6, 6.07) is 14.3. The molecular formula is C26H39N3O3S. The van der Waals surface area contributed by atoms with E-state index in [1.807, 2.05) is 25.4 Å². The van der Waals surface area contributed by atoms with E-state index in [1.165, 1.54) is 23.4 Å². The van der Waals surface area contributed by atoms with Crippen molar-refractivity contribution in [3.8, 4) is 0 Å². The molecule has 0 saturated heterocycles. The number of ether oxygens (including phenoxy) is 1. The molecule has 0 heterocycles. The number of nitrogens with one attached hydrogen (secondary N) is 2. The first-order valence-corrected chi connectivity index (χ1v) is 13.0. The van der Waals surface area contributed by atoms with Gasteiger partial charge in [-0.3, -0.25) is 9.69 Å². The third kappa shape index (κ3) is 8.32. The van der Waals surface area contributed by atoms with Gasteiger partial charge in [0.2, 0.25) is 5.91 Å². The Labute approximate surface area is 202 Å². The summed E-state index contributed by atoms with van der Waals surface area (Å²) in [5.74, 6) is 0.684. The third-order valence-electron chi connectivity index (χ3n) is 6.23. The average Bonchev–Trinajstić information content (AvgIpc) is 2.84. The summed E-state index contributed by atoms with van der Waals surface area (Å²) in [5, 5.41) is 8.71. The van der Waals surface area contributed by atoms with Crippen LogP contribution in [0, 0.1) is 5.92 Å². The van der Waals surface area contributed by atoms with Gasteiger partial charge >= 0.3 is 5.97 Å². The highest BCUT2D eigenvalue weighted by Gasteiger charge is 2.24. The maximum atomic E-state index is 13.0. The number of thioether (sulfide) groups is 1. The Hall–Kier alpha value is -2.09. The van der Waals surface area contributed by atoms with E-state index >= 15 is 0 Å². The molecule has 3 atom stereocenters. The van der Waals surface area contributed by atoms with Crippen molar-refractivity contribution in [3.05, 3.63) is 48.0 Å². The molecule has 0 radical (unpaired) electrons. The van der Waals surface area contributed by atoms with Gasteiger partial charge in [-0.25, -0.2) is 4.79 Å². The number of hydrogen-bond acceptors (Lipinski definition) is 6. The van der Waals surface area contributed by atoms with Gasteiger partial charge < -0.3 is 15.4 Å². The van der Waals surface area contributed by atoms with Crippen molar-refractivity contribution in [1.82, 2.24) is 15.5 Å². The molecule has 2 N–H and O–H groups in total. The van der Waals surface area contributed by atoms with E-state index in [1.54, 1.807) is 11.8 Å². The largest absolute Gasteiger partial charge is 0.467 e. The zero-order valence-corrected chi connectivity index (χ0v) is 21.4. The summed E-state index contributed by atoms with van der Waals surface area (Å²) in [7, 11) is 3.33. The van der Waals surface area contributed by atoms with Crippen molar-refractivity contribution in [2.24, 2.45) is 5.92 Å². The number of nitrogens with zero attached hydrogens (tertiary/aromatic N) is 1. The lowest BCUT2D eigenvalue weighted by Crippen LogP contribution is -2.49. The van der Waals surface area contributed by atoms with Gasteiger partial charge in [-0.1, -0.05) is 62.7 Å². The van der Waals surface area contributed by atoms with E-state index in [4.69, 9.17) is 4.74 Å². The van der Waals surface area contributed by atoms with E-state index in [2.05, 4.69) is 59.7 Å². The number of fused-ring (bicyclic) bond motifs is 1. The predicted octanol–water partition coefficient (Wildman–Crippen LogP) is 3.69. The van der Waals surface area contributed by atoms with Crippen LogP contribution in [0.2, 0.25) is 0 Å². The lowest BCUT2D eigenvalue weighted by molar-refractivity contribution is -0.145. The van der Waals surface area contributed by atoms with Gasteiger partial charge in [-0.15, -0.1) is 0 Å². The number of carbonyl (C=O) groups excluding carboxylic acids is 2. The van der Waals surface area contributed by atoms with Gasteiger partial charge in [-0.05, 0) is 47.7 Å². The zero-order valence-electron chi connectivity index (χ0n) is 20.6. The van der Waals surface area contributed by atoms with Crippen molar-refractivity contribution in [2.75, 3.05) is 39.3 Å². The Bertz CT molecular complexity index is 887. The van der Waals surface area contributed by atoms with Crippen LogP contribution in [0.25, 0.3) is 10.8 Å². The summed E-state index contributed by atoms with van der Waals surface area (Å²) in [6.45, 7) is 6.01. The Kier molecular flexibility index (Phi) is 11.7. The molecule has 0 saturated carbocycles. The highest BCUT2D eigenvalue weighted by atomic mass is 32.2. The number of benzene rings is 2. The Morgan fingerprint density at radius 1 is 1.15 bits per heavy atom. The molecule has 0 fully saturated rings. The van der Waals surface area contributed by atoms with Crippen molar-refractivity contribution in [3.63, 3.8) is 0 Å². The van der Waals surface area contributed by atoms with Crippen LogP contribution >= 0.6 is 11.8 Å². The quantitative estimate of drug-likeness (QED) is 0.408. The SMILES string of the molecule is CC[C@H](C)[C@@H](CN(CC(=O)N[C@@H](CCSC)C(=O)OC)Cc1cccc2ccccc12)NC. The number of amides is 1. The minimum Gasteiger partial charge on any atom is -0.467 e. The number of methoxy groups -OCH3 is 1. The first kappa shape index (κ1) is 27.2. The van der Waals surface area contributed by atoms with Gasteiger partial charge in [0.1, 0.15) is 6.04 Å². The second-order valence-electron chi connectivity index (χ2n) is 8.51. The number of hydrogen-bond donors (Lipinski definition) is 2. The smallest absolute Gasteiger partial charge is 0.328 e. The molecule has 33 heavy (non-hydrogen) atoms. The first-order valence-electron chi connectivity index (χ1n) is 11.7. The monoisotopic (exact) mass is 473 g/mol. The Morgan fingerprint density at radius 2 is 1.88 bits per heavy atom. The van der Waals surface area contributed by atoms with Crippen molar-refractivity contribution in [2.45, 2.75) is 45.3 Å². The van der Waals surface area contributed by atoms with E-state index in [0.29, 0.717) is 18.9 Å². The van der Waals surface area contributed by atoms with Crippen LogP contribution in [0.3, 0.4) is 0 Å². The molecule has 0 aliphatic rings.